The van der Waals surface area contributed by atoms with Gasteiger partial charge in [0.2, 0.25) is 11.8 Å². The van der Waals surface area contributed by atoms with Gasteiger partial charge < -0.3 is 10.6 Å². The molecule has 2 rings (SSSR count). The maximum atomic E-state index is 12.7. The molecule has 6 heteroatoms. The normalized spacial score (nSPS) is 11.9. The molecular formula is C21H26BrN3O2. The van der Waals surface area contributed by atoms with Gasteiger partial charge >= 0.3 is 0 Å². The highest BCUT2D eigenvalue weighted by Gasteiger charge is 2.23. The van der Waals surface area contributed by atoms with Gasteiger partial charge in [0.1, 0.15) is 0 Å². The van der Waals surface area contributed by atoms with Crippen LogP contribution in [0.2, 0.25) is 0 Å². The molecule has 1 atom stereocenters. The number of rotatable bonds is 8. The number of anilines is 2. The van der Waals surface area contributed by atoms with Crippen molar-refractivity contribution < 1.29 is 9.59 Å². The van der Waals surface area contributed by atoms with Crippen LogP contribution in [0.4, 0.5) is 11.4 Å². The number of nitrogens with one attached hydrogen (secondary N) is 2. The first-order valence-corrected chi connectivity index (χ1v) is 9.86. The zero-order valence-electron chi connectivity index (χ0n) is 16.0. The van der Waals surface area contributed by atoms with Crippen LogP contribution >= 0.6 is 15.9 Å². The molecule has 2 aromatic carbocycles. The van der Waals surface area contributed by atoms with Crippen molar-refractivity contribution in [3.8, 4) is 0 Å². The van der Waals surface area contributed by atoms with Crippen LogP contribution in [-0.2, 0) is 9.59 Å². The van der Waals surface area contributed by atoms with Crippen molar-refractivity contribution in [1.29, 1.82) is 0 Å². The molecule has 27 heavy (non-hydrogen) atoms. The Bertz CT molecular complexity index is 795. The number of aryl methyl sites for hydroxylation is 1. The Balaban J connectivity index is 2.02. The molecule has 2 aromatic rings. The summed E-state index contributed by atoms with van der Waals surface area (Å²) in [5.41, 5.74) is 2.52. The van der Waals surface area contributed by atoms with Gasteiger partial charge in [-0.05, 0) is 66.5 Å². The van der Waals surface area contributed by atoms with E-state index in [1.165, 1.54) is 0 Å². The fourth-order valence-electron chi connectivity index (χ4n) is 2.75. The summed E-state index contributed by atoms with van der Waals surface area (Å²) in [5.74, 6) is -0.266. The van der Waals surface area contributed by atoms with Gasteiger partial charge in [-0.2, -0.15) is 0 Å². The molecule has 0 heterocycles. The van der Waals surface area contributed by atoms with Gasteiger partial charge in [0.25, 0.3) is 0 Å². The molecule has 0 fully saturated rings. The van der Waals surface area contributed by atoms with E-state index in [4.69, 9.17) is 0 Å². The topological polar surface area (TPSA) is 61.4 Å². The first-order valence-electron chi connectivity index (χ1n) is 9.07. The molecule has 5 nitrogen and oxygen atoms in total. The van der Waals surface area contributed by atoms with Crippen molar-refractivity contribution in [3.63, 3.8) is 0 Å². The van der Waals surface area contributed by atoms with Crippen molar-refractivity contribution in [3.05, 3.63) is 58.6 Å². The Morgan fingerprint density at radius 2 is 1.67 bits per heavy atom. The molecule has 2 N–H and O–H groups in total. The lowest BCUT2D eigenvalue weighted by molar-refractivity contribution is -0.123. The van der Waals surface area contributed by atoms with Gasteiger partial charge in [-0.1, -0.05) is 37.3 Å². The largest absolute Gasteiger partial charge is 0.325 e. The zero-order chi connectivity index (χ0) is 19.8. The van der Waals surface area contributed by atoms with E-state index in [-0.39, 0.29) is 18.4 Å². The van der Waals surface area contributed by atoms with Crippen molar-refractivity contribution in [1.82, 2.24) is 4.90 Å². The van der Waals surface area contributed by atoms with Gasteiger partial charge in [-0.25, -0.2) is 0 Å². The van der Waals surface area contributed by atoms with E-state index in [0.717, 1.165) is 27.8 Å². The molecule has 1 unspecified atom stereocenters. The molecule has 0 aromatic heterocycles. The number of carbonyl (C=O) groups is 2. The SMILES string of the molecule is CCCN(CC(=O)Nc1ccccc1C)C(C)C(=O)Nc1ccccc1Br. The minimum Gasteiger partial charge on any atom is -0.325 e. The quantitative estimate of drug-likeness (QED) is 0.649. The molecule has 0 bridgehead atoms. The van der Waals surface area contributed by atoms with Gasteiger partial charge in [-0.3, -0.25) is 14.5 Å². The minimum absolute atomic E-state index is 0.127. The molecular weight excluding hydrogens is 406 g/mol. The summed E-state index contributed by atoms with van der Waals surface area (Å²) in [6.45, 7) is 6.62. The van der Waals surface area contributed by atoms with E-state index in [0.29, 0.717) is 6.54 Å². The number of nitrogens with zero attached hydrogens (tertiary/aromatic N) is 1. The lowest BCUT2D eigenvalue weighted by Gasteiger charge is -2.27. The highest BCUT2D eigenvalue weighted by Crippen LogP contribution is 2.21. The van der Waals surface area contributed by atoms with Crippen molar-refractivity contribution in [2.75, 3.05) is 23.7 Å². The molecule has 0 aliphatic carbocycles. The molecule has 144 valence electrons. The maximum absolute atomic E-state index is 12.7. The molecule has 0 aliphatic heterocycles. The first-order chi connectivity index (χ1) is 12.9. The average molecular weight is 432 g/mol. The summed E-state index contributed by atoms with van der Waals surface area (Å²) in [5, 5.41) is 5.85. The third-order valence-corrected chi connectivity index (χ3v) is 5.03. The number of halogens is 1. The molecule has 0 spiro atoms. The second-order valence-corrected chi connectivity index (χ2v) is 7.33. The fourth-order valence-corrected chi connectivity index (χ4v) is 3.13. The number of carbonyl (C=O) groups excluding carboxylic acids is 2. The predicted octanol–water partition coefficient (Wildman–Crippen LogP) is 4.44. The van der Waals surface area contributed by atoms with Crippen LogP contribution in [0.15, 0.2) is 53.0 Å². The van der Waals surface area contributed by atoms with Gasteiger partial charge in [0.15, 0.2) is 0 Å². The lowest BCUT2D eigenvalue weighted by atomic mass is 10.2. The second kappa shape index (κ2) is 10.2. The van der Waals surface area contributed by atoms with E-state index in [9.17, 15) is 9.59 Å². The Kier molecular flexibility index (Phi) is 8.00. The third kappa shape index (κ3) is 6.19. The summed E-state index contributed by atoms with van der Waals surface area (Å²) < 4.78 is 0.824. The summed E-state index contributed by atoms with van der Waals surface area (Å²) in [6, 6.07) is 14.7. The summed E-state index contributed by atoms with van der Waals surface area (Å²) >= 11 is 3.43. The summed E-state index contributed by atoms with van der Waals surface area (Å²) in [7, 11) is 0. The summed E-state index contributed by atoms with van der Waals surface area (Å²) in [4.78, 5) is 27.1. The van der Waals surface area contributed by atoms with Crippen LogP contribution in [0, 0.1) is 6.92 Å². The monoisotopic (exact) mass is 431 g/mol. The van der Waals surface area contributed by atoms with E-state index >= 15 is 0 Å². The number of para-hydroxylation sites is 2. The van der Waals surface area contributed by atoms with Gasteiger partial charge in [-0.15, -0.1) is 0 Å². The van der Waals surface area contributed by atoms with Crippen molar-refractivity contribution in [2.24, 2.45) is 0 Å². The minimum atomic E-state index is -0.431. The molecule has 2 amide bonds. The lowest BCUT2D eigenvalue weighted by Crippen LogP contribution is -2.46. The average Bonchev–Trinajstić information content (AvgIpc) is 2.64. The van der Waals surface area contributed by atoms with E-state index < -0.39 is 6.04 Å². The second-order valence-electron chi connectivity index (χ2n) is 6.48. The smallest absolute Gasteiger partial charge is 0.241 e. The first kappa shape index (κ1) is 21.1. The van der Waals surface area contributed by atoms with Crippen LogP contribution < -0.4 is 10.6 Å². The van der Waals surface area contributed by atoms with Crippen LogP contribution in [0.25, 0.3) is 0 Å². The molecule has 0 aliphatic rings. The van der Waals surface area contributed by atoms with Crippen LogP contribution in [0.5, 0.6) is 0 Å². The number of hydrogen-bond donors (Lipinski definition) is 2. The number of hydrogen-bond acceptors (Lipinski definition) is 3. The third-order valence-electron chi connectivity index (χ3n) is 4.34. The van der Waals surface area contributed by atoms with Crippen molar-refractivity contribution in [2.45, 2.75) is 33.2 Å². The highest BCUT2D eigenvalue weighted by molar-refractivity contribution is 9.10. The molecule has 0 radical (unpaired) electrons. The van der Waals surface area contributed by atoms with E-state index in [1.54, 1.807) is 0 Å². The Labute approximate surface area is 169 Å². The highest BCUT2D eigenvalue weighted by atomic mass is 79.9. The predicted molar refractivity (Wildman–Crippen MR) is 114 cm³/mol. The summed E-state index contributed by atoms with van der Waals surface area (Å²) in [6.07, 6.45) is 0.851. The molecule has 0 saturated carbocycles. The Hall–Kier alpha value is -2.18. The number of amides is 2. The standard InChI is InChI=1S/C21H26BrN3O2/c1-4-13-25(14-20(26)23-18-11-7-5-9-15(18)2)16(3)21(27)24-19-12-8-6-10-17(19)22/h5-12,16H,4,13-14H2,1-3H3,(H,23,26)(H,24,27). The Morgan fingerprint density at radius 1 is 1.04 bits per heavy atom. The fraction of sp³-hybridized carbons (Fsp3) is 0.333. The van der Waals surface area contributed by atoms with E-state index in [1.807, 2.05) is 74.2 Å². The van der Waals surface area contributed by atoms with Crippen LogP contribution in [-0.4, -0.2) is 35.8 Å². The zero-order valence-corrected chi connectivity index (χ0v) is 17.5. The van der Waals surface area contributed by atoms with Gasteiger partial charge in [0.05, 0.1) is 18.3 Å². The number of benzene rings is 2. The van der Waals surface area contributed by atoms with Crippen molar-refractivity contribution >= 4 is 39.1 Å². The molecule has 0 saturated heterocycles. The Morgan fingerprint density at radius 3 is 2.30 bits per heavy atom. The van der Waals surface area contributed by atoms with Crippen LogP contribution in [0.3, 0.4) is 0 Å². The maximum Gasteiger partial charge on any atom is 0.241 e. The van der Waals surface area contributed by atoms with Gasteiger partial charge in [0, 0.05) is 10.2 Å². The van der Waals surface area contributed by atoms with Crippen LogP contribution in [0.1, 0.15) is 25.8 Å². The van der Waals surface area contributed by atoms with E-state index in [2.05, 4.69) is 26.6 Å².